The van der Waals surface area contributed by atoms with Gasteiger partial charge in [-0.1, -0.05) is 23.2 Å². The van der Waals surface area contributed by atoms with Crippen LogP contribution in [0.25, 0.3) is 0 Å². The van der Waals surface area contributed by atoms with Crippen LogP contribution < -0.4 is 5.32 Å². The number of anilines is 1. The molecule has 0 fully saturated rings. The minimum atomic E-state index is -1.23. The minimum absolute atomic E-state index is 0.0441. The summed E-state index contributed by atoms with van der Waals surface area (Å²) in [5, 5.41) is 13.3. The van der Waals surface area contributed by atoms with E-state index in [1.165, 1.54) is 19.2 Å². The van der Waals surface area contributed by atoms with E-state index in [1.807, 2.05) is 0 Å². The van der Waals surface area contributed by atoms with Crippen LogP contribution in [0.4, 0.5) is 11.7 Å². The number of esters is 1. The van der Waals surface area contributed by atoms with Crippen LogP contribution in [0.1, 0.15) is 17.5 Å². The van der Waals surface area contributed by atoms with Gasteiger partial charge in [-0.2, -0.15) is 0 Å². The number of carbonyl (C=O) groups is 2. The molecule has 0 aliphatic rings. The molecular weight excluding hydrogens is 365 g/mol. The van der Waals surface area contributed by atoms with Crippen LogP contribution in [0.2, 0.25) is 10.0 Å². The van der Waals surface area contributed by atoms with Crippen LogP contribution in [0.15, 0.2) is 28.8 Å². The second kappa shape index (κ2) is 7.28. The van der Waals surface area contributed by atoms with Crippen molar-refractivity contribution in [3.05, 3.63) is 50.3 Å². The number of furan rings is 1. The predicted octanol–water partition coefficient (Wildman–Crippen LogP) is 3.07. The molecule has 126 valence electrons. The summed E-state index contributed by atoms with van der Waals surface area (Å²) >= 11 is 11.6. The van der Waals surface area contributed by atoms with Gasteiger partial charge in [0.2, 0.25) is 5.76 Å². The normalized spacial score (nSPS) is 11.6. The minimum Gasteiger partial charge on any atom is -0.447 e. The Labute approximate surface area is 144 Å². The lowest BCUT2D eigenvalue weighted by Gasteiger charge is -2.12. The molecule has 2 aromatic rings. The van der Waals surface area contributed by atoms with Crippen LogP contribution in [0, 0.1) is 10.1 Å². The number of amides is 1. The number of aromatic nitrogens is 1. The average molecular weight is 374 g/mol. The predicted molar refractivity (Wildman–Crippen MR) is 83.1 cm³/mol. The largest absolute Gasteiger partial charge is 0.447 e. The number of hydrogen-bond acceptors (Lipinski definition) is 7. The van der Waals surface area contributed by atoms with Gasteiger partial charge in [-0.15, -0.1) is 0 Å². The third-order valence-electron chi connectivity index (χ3n) is 2.68. The van der Waals surface area contributed by atoms with Crippen molar-refractivity contribution in [1.82, 2.24) is 4.98 Å². The summed E-state index contributed by atoms with van der Waals surface area (Å²) in [5.41, 5.74) is 0. The highest BCUT2D eigenvalue weighted by Crippen LogP contribution is 2.23. The molecule has 24 heavy (non-hydrogen) atoms. The lowest BCUT2D eigenvalue weighted by molar-refractivity contribution is -0.402. The van der Waals surface area contributed by atoms with Gasteiger partial charge in [0.15, 0.2) is 11.9 Å². The molecule has 0 saturated carbocycles. The van der Waals surface area contributed by atoms with E-state index in [4.69, 9.17) is 27.9 Å². The number of nitro groups is 1. The van der Waals surface area contributed by atoms with E-state index in [1.54, 1.807) is 0 Å². The van der Waals surface area contributed by atoms with Gasteiger partial charge >= 0.3 is 11.9 Å². The molecule has 0 radical (unpaired) electrons. The van der Waals surface area contributed by atoms with E-state index >= 15 is 0 Å². The van der Waals surface area contributed by atoms with Crippen LogP contribution in [-0.2, 0) is 9.53 Å². The highest BCUT2D eigenvalue weighted by Gasteiger charge is 2.24. The molecule has 2 aromatic heterocycles. The molecule has 2 heterocycles. The van der Waals surface area contributed by atoms with Crippen molar-refractivity contribution < 1.29 is 23.7 Å². The topological polar surface area (TPSA) is 125 Å². The van der Waals surface area contributed by atoms with Gasteiger partial charge in [0.05, 0.1) is 16.1 Å². The maximum atomic E-state index is 12.0. The summed E-state index contributed by atoms with van der Waals surface area (Å²) in [6, 6.07) is 3.45. The number of rotatable bonds is 5. The van der Waals surface area contributed by atoms with Crippen molar-refractivity contribution in [2.45, 2.75) is 13.0 Å². The first-order valence-corrected chi connectivity index (χ1v) is 7.10. The first-order valence-electron chi connectivity index (χ1n) is 6.35. The number of halogens is 2. The number of ether oxygens (including phenoxy) is 1. The summed E-state index contributed by atoms with van der Waals surface area (Å²) in [6.07, 6.45) is 0.0528. The van der Waals surface area contributed by atoms with E-state index in [9.17, 15) is 19.7 Å². The van der Waals surface area contributed by atoms with Crippen LogP contribution in [-0.4, -0.2) is 27.9 Å². The molecule has 11 heteroatoms. The molecule has 1 amide bonds. The Morgan fingerprint density at radius 2 is 2.12 bits per heavy atom. The van der Waals surface area contributed by atoms with Gasteiger partial charge in [-0.25, -0.2) is 9.78 Å². The van der Waals surface area contributed by atoms with Gasteiger partial charge < -0.3 is 14.5 Å². The Balaban J connectivity index is 2.00. The Hall–Kier alpha value is -2.65. The molecular formula is C13H9Cl2N3O6. The van der Waals surface area contributed by atoms with Gasteiger partial charge in [0.1, 0.15) is 4.92 Å². The Kier molecular flexibility index (Phi) is 5.37. The zero-order valence-corrected chi connectivity index (χ0v) is 13.5. The summed E-state index contributed by atoms with van der Waals surface area (Å²) in [5.74, 6) is -2.70. The van der Waals surface area contributed by atoms with Crippen molar-refractivity contribution in [2.75, 3.05) is 5.32 Å². The summed E-state index contributed by atoms with van der Waals surface area (Å²) in [7, 11) is 0. The molecule has 2 rings (SSSR count). The van der Waals surface area contributed by atoms with Gasteiger partial charge in [0, 0.05) is 6.20 Å². The Bertz CT molecular complexity index is 807. The molecule has 1 N–H and O–H groups in total. The van der Waals surface area contributed by atoms with E-state index in [-0.39, 0.29) is 15.9 Å². The van der Waals surface area contributed by atoms with Gasteiger partial charge in [-0.05, 0) is 19.1 Å². The second-order valence-corrected chi connectivity index (χ2v) is 5.26. The average Bonchev–Trinajstić information content (AvgIpc) is 3.00. The zero-order valence-electron chi connectivity index (χ0n) is 12.0. The van der Waals surface area contributed by atoms with Gasteiger partial charge in [-0.3, -0.25) is 14.9 Å². The van der Waals surface area contributed by atoms with Crippen molar-refractivity contribution in [2.24, 2.45) is 0 Å². The molecule has 1 atom stereocenters. The molecule has 0 spiro atoms. The SMILES string of the molecule is CC(OC(=O)c1ccc([N+](=O)[O-])o1)C(=O)Nc1ncc(Cl)cc1Cl. The van der Waals surface area contributed by atoms with Crippen LogP contribution >= 0.6 is 23.2 Å². The fourth-order valence-corrected chi connectivity index (χ4v) is 1.96. The Morgan fingerprint density at radius 1 is 1.42 bits per heavy atom. The van der Waals surface area contributed by atoms with Crippen molar-refractivity contribution in [3.63, 3.8) is 0 Å². The quantitative estimate of drug-likeness (QED) is 0.484. The maximum Gasteiger partial charge on any atom is 0.433 e. The first-order chi connectivity index (χ1) is 11.3. The maximum absolute atomic E-state index is 12.0. The number of pyridine rings is 1. The van der Waals surface area contributed by atoms with Crippen molar-refractivity contribution >= 4 is 46.8 Å². The Morgan fingerprint density at radius 3 is 2.71 bits per heavy atom. The smallest absolute Gasteiger partial charge is 0.433 e. The molecule has 9 nitrogen and oxygen atoms in total. The molecule has 1 unspecified atom stereocenters. The van der Waals surface area contributed by atoms with Crippen molar-refractivity contribution in [3.8, 4) is 0 Å². The molecule has 0 aliphatic heterocycles. The zero-order chi connectivity index (χ0) is 17.9. The highest BCUT2D eigenvalue weighted by molar-refractivity contribution is 6.36. The first kappa shape index (κ1) is 17.7. The van der Waals surface area contributed by atoms with Crippen LogP contribution in [0.5, 0.6) is 0 Å². The van der Waals surface area contributed by atoms with Crippen LogP contribution in [0.3, 0.4) is 0 Å². The number of hydrogen-bond donors (Lipinski definition) is 1. The molecule has 0 aliphatic carbocycles. The second-order valence-electron chi connectivity index (χ2n) is 4.42. The van der Waals surface area contributed by atoms with Crippen molar-refractivity contribution in [1.29, 1.82) is 0 Å². The fraction of sp³-hybridized carbons (Fsp3) is 0.154. The molecule has 0 aromatic carbocycles. The summed E-state index contributed by atoms with van der Waals surface area (Å²) < 4.78 is 9.55. The molecule has 0 bridgehead atoms. The monoisotopic (exact) mass is 373 g/mol. The standard InChI is InChI=1S/C13H9Cl2N3O6/c1-6(12(19)17-11-8(15)4-7(14)5-16-11)23-13(20)9-2-3-10(24-9)18(21)22/h2-6H,1H3,(H,16,17,19). The van der Waals surface area contributed by atoms with E-state index in [0.29, 0.717) is 0 Å². The third kappa shape index (κ3) is 4.21. The number of nitrogens with zero attached hydrogens (tertiary/aromatic N) is 2. The lowest BCUT2D eigenvalue weighted by Crippen LogP contribution is -2.30. The lowest BCUT2D eigenvalue weighted by atomic mass is 10.3. The van der Waals surface area contributed by atoms with E-state index < -0.39 is 34.5 Å². The molecule has 0 saturated heterocycles. The fourth-order valence-electron chi connectivity index (χ4n) is 1.53. The summed E-state index contributed by atoms with van der Waals surface area (Å²) in [4.78, 5) is 37.3. The van der Waals surface area contributed by atoms with Gasteiger partial charge in [0.25, 0.3) is 5.91 Å². The summed E-state index contributed by atoms with van der Waals surface area (Å²) in [6.45, 7) is 1.30. The number of carbonyl (C=O) groups excluding carboxylic acids is 2. The van der Waals surface area contributed by atoms with E-state index in [2.05, 4.69) is 14.7 Å². The number of nitrogens with one attached hydrogen (secondary N) is 1. The highest BCUT2D eigenvalue weighted by atomic mass is 35.5. The van der Waals surface area contributed by atoms with E-state index in [0.717, 1.165) is 12.1 Å². The third-order valence-corrected chi connectivity index (χ3v) is 3.17.